The highest BCUT2D eigenvalue weighted by molar-refractivity contribution is 7.14. The van der Waals surface area contributed by atoms with Gasteiger partial charge in [-0.15, -0.1) is 11.3 Å². The van der Waals surface area contributed by atoms with Crippen molar-refractivity contribution in [2.75, 3.05) is 5.32 Å². The zero-order valence-electron chi connectivity index (χ0n) is 12.8. The zero-order chi connectivity index (χ0) is 16.9. The van der Waals surface area contributed by atoms with Crippen LogP contribution in [0.1, 0.15) is 23.0 Å². The summed E-state index contributed by atoms with van der Waals surface area (Å²) >= 11 is 1.20. The third-order valence-electron chi connectivity index (χ3n) is 3.02. The predicted molar refractivity (Wildman–Crippen MR) is 88.9 cm³/mol. The first kappa shape index (κ1) is 15.8. The fraction of sp³-hybridized carbons (Fsp3) is 0.133. The maximum atomic E-state index is 12.1. The standard InChI is InChI=1S/C15H14N6O2S/c1-10(22)19-15-20-12(9-24-15)14(23)17-8-11-3-4-13(16-7-11)21-6-2-5-18-21/h2-7,9H,8H2,1H3,(H,17,23)(H,19,20,22). The molecule has 2 amide bonds. The minimum atomic E-state index is -0.306. The third kappa shape index (κ3) is 3.82. The van der Waals surface area contributed by atoms with Gasteiger partial charge in [0, 0.05) is 37.4 Å². The van der Waals surface area contributed by atoms with Gasteiger partial charge in [0.25, 0.3) is 5.91 Å². The van der Waals surface area contributed by atoms with Crippen molar-refractivity contribution in [1.82, 2.24) is 25.1 Å². The number of carbonyl (C=O) groups is 2. The monoisotopic (exact) mass is 342 g/mol. The Kier molecular flexibility index (Phi) is 4.62. The molecule has 0 atom stereocenters. The molecular weight excluding hydrogens is 328 g/mol. The van der Waals surface area contributed by atoms with Crippen LogP contribution < -0.4 is 10.6 Å². The number of hydrogen-bond acceptors (Lipinski definition) is 6. The number of rotatable bonds is 5. The van der Waals surface area contributed by atoms with E-state index in [2.05, 4.69) is 25.7 Å². The number of amides is 2. The molecule has 0 bridgehead atoms. The van der Waals surface area contributed by atoms with E-state index in [1.54, 1.807) is 28.7 Å². The van der Waals surface area contributed by atoms with E-state index >= 15 is 0 Å². The molecule has 24 heavy (non-hydrogen) atoms. The van der Waals surface area contributed by atoms with Crippen LogP contribution in [0.5, 0.6) is 0 Å². The van der Waals surface area contributed by atoms with Crippen molar-refractivity contribution in [3.8, 4) is 5.82 Å². The summed E-state index contributed by atoms with van der Waals surface area (Å²) in [5, 5.41) is 11.4. The number of aromatic nitrogens is 4. The zero-order valence-corrected chi connectivity index (χ0v) is 13.6. The number of thiazole rings is 1. The van der Waals surface area contributed by atoms with Crippen molar-refractivity contribution in [3.05, 3.63) is 53.4 Å². The van der Waals surface area contributed by atoms with Gasteiger partial charge in [-0.2, -0.15) is 5.10 Å². The van der Waals surface area contributed by atoms with Gasteiger partial charge in [-0.3, -0.25) is 9.59 Å². The van der Waals surface area contributed by atoms with Crippen LogP contribution in [0.4, 0.5) is 5.13 Å². The van der Waals surface area contributed by atoms with Crippen molar-refractivity contribution in [2.45, 2.75) is 13.5 Å². The molecule has 122 valence electrons. The first-order valence-corrected chi connectivity index (χ1v) is 7.96. The van der Waals surface area contributed by atoms with Crippen LogP contribution in [0.2, 0.25) is 0 Å². The molecule has 0 aliphatic carbocycles. The highest BCUT2D eigenvalue weighted by Crippen LogP contribution is 2.15. The normalized spacial score (nSPS) is 10.4. The Balaban J connectivity index is 1.58. The fourth-order valence-electron chi connectivity index (χ4n) is 1.92. The maximum absolute atomic E-state index is 12.1. The molecule has 0 aliphatic heterocycles. The predicted octanol–water partition coefficient (Wildman–Crippen LogP) is 1.61. The molecular formula is C15H14N6O2S. The van der Waals surface area contributed by atoms with E-state index in [0.717, 1.165) is 5.56 Å². The van der Waals surface area contributed by atoms with Gasteiger partial charge >= 0.3 is 0 Å². The van der Waals surface area contributed by atoms with Gasteiger partial charge in [0.15, 0.2) is 10.9 Å². The summed E-state index contributed by atoms with van der Waals surface area (Å²) in [6, 6.07) is 5.51. The average molecular weight is 342 g/mol. The second-order valence-electron chi connectivity index (χ2n) is 4.88. The summed E-state index contributed by atoms with van der Waals surface area (Å²) in [6.45, 7) is 1.72. The van der Waals surface area contributed by atoms with Gasteiger partial charge in [-0.1, -0.05) is 6.07 Å². The van der Waals surface area contributed by atoms with E-state index in [1.165, 1.54) is 18.3 Å². The third-order valence-corrected chi connectivity index (χ3v) is 3.78. The fourth-order valence-corrected chi connectivity index (χ4v) is 2.66. The first-order valence-electron chi connectivity index (χ1n) is 7.08. The summed E-state index contributed by atoms with van der Waals surface area (Å²) in [6.07, 6.45) is 5.17. The molecule has 0 aromatic carbocycles. The van der Waals surface area contributed by atoms with E-state index in [0.29, 0.717) is 17.5 Å². The Morgan fingerprint density at radius 3 is 2.88 bits per heavy atom. The lowest BCUT2D eigenvalue weighted by molar-refractivity contribution is -0.114. The van der Waals surface area contributed by atoms with Crippen LogP contribution in [-0.4, -0.2) is 31.6 Å². The number of hydrogen-bond donors (Lipinski definition) is 2. The second kappa shape index (κ2) is 7.01. The van der Waals surface area contributed by atoms with E-state index in [-0.39, 0.29) is 17.5 Å². The van der Waals surface area contributed by atoms with Gasteiger partial charge in [0.05, 0.1) is 0 Å². The molecule has 3 aromatic rings. The second-order valence-corrected chi connectivity index (χ2v) is 5.74. The Labute approximate surface area is 141 Å². The molecule has 0 saturated heterocycles. The summed E-state index contributed by atoms with van der Waals surface area (Å²) in [5.41, 5.74) is 1.13. The number of nitrogens with one attached hydrogen (secondary N) is 2. The topological polar surface area (TPSA) is 102 Å². The van der Waals surface area contributed by atoms with Gasteiger partial charge in [0.2, 0.25) is 5.91 Å². The molecule has 0 aliphatic rings. The molecule has 9 heteroatoms. The highest BCUT2D eigenvalue weighted by Gasteiger charge is 2.11. The van der Waals surface area contributed by atoms with Crippen LogP contribution in [0.3, 0.4) is 0 Å². The number of carbonyl (C=O) groups excluding carboxylic acids is 2. The molecule has 3 rings (SSSR count). The molecule has 2 N–H and O–H groups in total. The van der Waals surface area contributed by atoms with Crippen molar-refractivity contribution < 1.29 is 9.59 Å². The van der Waals surface area contributed by atoms with Crippen molar-refractivity contribution in [1.29, 1.82) is 0 Å². The van der Waals surface area contributed by atoms with Gasteiger partial charge in [0.1, 0.15) is 5.69 Å². The van der Waals surface area contributed by atoms with E-state index in [1.807, 2.05) is 18.2 Å². The Morgan fingerprint density at radius 2 is 2.21 bits per heavy atom. The first-order chi connectivity index (χ1) is 11.6. The lowest BCUT2D eigenvalue weighted by atomic mass is 10.2. The van der Waals surface area contributed by atoms with E-state index < -0.39 is 0 Å². The Bertz CT molecular complexity index is 841. The minimum absolute atomic E-state index is 0.223. The lowest BCUT2D eigenvalue weighted by Crippen LogP contribution is -2.23. The van der Waals surface area contributed by atoms with Crippen LogP contribution in [0.25, 0.3) is 5.82 Å². The minimum Gasteiger partial charge on any atom is -0.347 e. The summed E-state index contributed by atoms with van der Waals surface area (Å²) < 4.78 is 1.65. The molecule has 8 nitrogen and oxygen atoms in total. The largest absolute Gasteiger partial charge is 0.347 e. The van der Waals surface area contributed by atoms with Gasteiger partial charge in [-0.25, -0.2) is 14.6 Å². The summed E-state index contributed by atoms with van der Waals surface area (Å²) in [7, 11) is 0. The molecule has 0 unspecified atom stereocenters. The Hall–Kier alpha value is -3.07. The van der Waals surface area contributed by atoms with Gasteiger partial charge < -0.3 is 10.6 Å². The van der Waals surface area contributed by atoms with Crippen LogP contribution in [-0.2, 0) is 11.3 Å². The smallest absolute Gasteiger partial charge is 0.271 e. The summed E-state index contributed by atoms with van der Waals surface area (Å²) in [5.74, 6) is 0.174. The van der Waals surface area contributed by atoms with Crippen LogP contribution in [0, 0.1) is 0 Å². The Morgan fingerprint density at radius 1 is 1.33 bits per heavy atom. The van der Waals surface area contributed by atoms with E-state index in [4.69, 9.17) is 0 Å². The van der Waals surface area contributed by atoms with Gasteiger partial charge in [-0.05, 0) is 17.7 Å². The van der Waals surface area contributed by atoms with Crippen molar-refractivity contribution in [3.63, 3.8) is 0 Å². The molecule has 0 radical (unpaired) electrons. The van der Waals surface area contributed by atoms with Crippen LogP contribution in [0.15, 0.2) is 42.2 Å². The maximum Gasteiger partial charge on any atom is 0.271 e. The summed E-state index contributed by atoms with van der Waals surface area (Å²) in [4.78, 5) is 31.4. The lowest BCUT2D eigenvalue weighted by Gasteiger charge is -2.05. The molecule has 3 heterocycles. The van der Waals surface area contributed by atoms with Crippen molar-refractivity contribution >= 4 is 28.3 Å². The molecule has 0 spiro atoms. The van der Waals surface area contributed by atoms with E-state index in [9.17, 15) is 9.59 Å². The van der Waals surface area contributed by atoms with Crippen LogP contribution >= 0.6 is 11.3 Å². The molecule has 0 saturated carbocycles. The number of pyridine rings is 1. The quantitative estimate of drug-likeness (QED) is 0.733. The molecule has 0 fully saturated rings. The SMILES string of the molecule is CC(=O)Nc1nc(C(=O)NCc2ccc(-n3cccn3)nc2)cs1. The highest BCUT2D eigenvalue weighted by atomic mass is 32.1. The number of anilines is 1. The number of nitrogens with zero attached hydrogens (tertiary/aromatic N) is 4. The van der Waals surface area contributed by atoms with Crippen molar-refractivity contribution in [2.24, 2.45) is 0 Å². The average Bonchev–Trinajstić information content (AvgIpc) is 3.24. The molecule has 3 aromatic heterocycles.